The molecule has 0 bridgehead atoms. The maximum atomic E-state index is 12.3. The van der Waals surface area contributed by atoms with Gasteiger partial charge in [-0.15, -0.1) is 11.3 Å². The molecule has 0 saturated carbocycles. The Hall–Kier alpha value is -0.990. The molecule has 2 aliphatic heterocycles. The molecule has 0 radical (unpaired) electrons. The van der Waals surface area contributed by atoms with Gasteiger partial charge in [0.25, 0.3) is 5.91 Å². The van der Waals surface area contributed by atoms with Crippen molar-refractivity contribution in [1.82, 2.24) is 15.2 Å². The monoisotopic (exact) mass is 343 g/mol. The van der Waals surface area contributed by atoms with Gasteiger partial charge in [0.1, 0.15) is 9.88 Å². The van der Waals surface area contributed by atoms with Crippen LogP contribution in [0.15, 0.2) is 0 Å². The smallest absolute Gasteiger partial charge is 0.263 e. The van der Waals surface area contributed by atoms with Crippen molar-refractivity contribution in [3.05, 3.63) is 15.6 Å². The van der Waals surface area contributed by atoms with E-state index < -0.39 is 9.84 Å². The van der Waals surface area contributed by atoms with E-state index in [0.717, 1.165) is 30.3 Å². The largest absolute Gasteiger partial charge is 0.347 e. The van der Waals surface area contributed by atoms with Gasteiger partial charge in [0.15, 0.2) is 9.84 Å². The quantitative estimate of drug-likeness (QED) is 0.881. The summed E-state index contributed by atoms with van der Waals surface area (Å²) in [7, 11) is -2.98. The van der Waals surface area contributed by atoms with Gasteiger partial charge in [-0.25, -0.2) is 13.4 Å². The van der Waals surface area contributed by atoms with E-state index in [1.807, 2.05) is 6.92 Å². The number of sulfone groups is 1. The van der Waals surface area contributed by atoms with Crippen molar-refractivity contribution < 1.29 is 13.2 Å². The van der Waals surface area contributed by atoms with E-state index in [1.165, 1.54) is 24.2 Å². The molecule has 2 aliphatic rings. The van der Waals surface area contributed by atoms with Crippen molar-refractivity contribution in [1.29, 1.82) is 0 Å². The van der Waals surface area contributed by atoms with Crippen LogP contribution in [0.4, 0.5) is 0 Å². The number of rotatable bonds is 4. The number of amides is 1. The average Bonchev–Trinajstić information content (AvgIpc) is 3.12. The van der Waals surface area contributed by atoms with E-state index in [0.29, 0.717) is 11.3 Å². The lowest BCUT2D eigenvalue weighted by atomic mass is 10.2. The van der Waals surface area contributed by atoms with Crippen LogP contribution in [0.25, 0.3) is 0 Å². The topological polar surface area (TPSA) is 79.4 Å². The third-order valence-corrected chi connectivity index (χ3v) is 7.08. The Labute approximate surface area is 134 Å². The number of hydrogen-bond donors (Lipinski definition) is 1. The van der Waals surface area contributed by atoms with E-state index in [1.54, 1.807) is 0 Å². The lowest BCUT2D eigenvalue weighted by Crippen LogP contribution is -2.35. The van der Waals surface area contributed by atoms with Gasteiger partial charge in [0.2, 0.25) is 0 Å². The molecule has 2 saturated heterocycles. The van der Waals surface area contributed by atoms with E-state index >= 15 is 0 Å². The highest BCUT2D eigenvalue weighted by atomic mass is 32.2. The normalized spacial score (nSPS) is 24.7. The van der Waals surface area contributed by atoms with Crippen LogP contribution in [0.3, 0.4) is 0 Å². The number of hydrogen-bond acceptors (Lipinski definition) is 6. The minimum absolute atomic E-state index is 0.0528. The molecule has 1 amide bonds. The number of likely N-dealkylation sites (tertiary alicyclic amines) is 1. The van der Waals surface area contributed by atoms with Crippen LogP contribution in [-0.2, 0) is 16.4 Å². The molecule has 6 nitrogen and oxygen atoms in total. The van der Waals surface area contributed by atoms with Gasteiger partial charge in [-0.2, -0.15) is 0 Å². The molecular weight excluding hydrogens is 322 g/mol. The molecule has 0 aliphatic carbocycles. The molecule has 122 valence electrons. The highest BCUT2D eigenvalue weighted by Crippen LogP contribution is 2.22. The summed E-state index contributed by atoms with van der Waals surface area (Å²) in [5, 5.41) is 3.80. The van der Waals surface area contributed by atoms with Crippen molar-refractivity contribution >= 4 is 27.1 Å². The number of nitrogens with one attached hydrogen (secondary N) is 1. The van der Waals surface area contributed by atoms with Crippen LogP contribution in [-0.4, -0.2) is 54.8 Å². The summed E-state index contributed by atoms with van der Waals surface area (Å²) in [5.74, 6) is 0.0293. The van der Waals surface area contributed by atoms with Crippen LogP contribution in [0, 0.1) is 6.92 Å². The molecule has 3 heterocycles. The van der Waals surface area contributed by atoms with E-state index in [4.69, 9.17) is 0 Å². The Bertz CT molecular complexity index is 663. The van der Waals surface area contributed by atoms with E-state index in [9.17, 15) is 13.2 Å². The summed E-state index contributed by atoms with van der Waals surface area (Å²) in [6, 6.07) is -0.263. The number of carbonyl (C=O) groups is 1. The van der Waals surface area contributed by atoms with Crippen molar-refractivity contribution in [3.8, 4) is 0 Å². The van der Waals surface area contributed by atoms with Crippen LogP contribution >= 0.6 is 11.3 Å². The molecule has 2 fully saturated rings. The first-order valence-electron chi connectivity index (χ1n) is 7.63. The van der Waals surface area contributed by atoms with Gasteiger partial charge in [-0.05, 0) is 39.3 Å². The van der Waals surface area contributed by atoms with Gasteiger partial charge in [0.05, 0.1) is 23.7 Å². The van der Waals surface area contributed by atoms with E-state index in [-0.39, 0.29) is 23.5 Å². The minimum Gasteiger partial charge on any atom is -0.347 e. The number of aryl methyl sites for hydroxylation is 1. The first-order chi connectivity index (χ1) is 10.4. The predicted molar refractivity (Wildman–Crippen MR) is 85.9 cm³/mol. The maximum Gasteiger partial charge on any atom is 0.263 e. The standard InChI is InChI=1S/C14H21N3O3S2/c1-10-13(14(18)16-11-4-7-22(19,20)9-11)21-12(15-10)8-17-5-2-3-6-17/h11H,2-9H2,1H3,(H,16,18). The molecular formula is C14H21N3O3S2. The number of carbonyl (C=O) groups excluding carboxylic acids is 1. The zero-order valence-electron chi connectivity index (χ0n) is 12.7. The Balaban J connectivity index is 1.63. The molecule has 0 aromatic carbocycles. The molecule has 1 unspecified atom stereocenters. The summed E-state index contributed by atoms with van der Waals surface area (Å²) in [6.07, 6.45) is 2.97. The molecule has 22 heavy (non-hydrogen) atoms. The molecule has 1 N–H and O–H groups in total. The first kappa shape index (κ1) is 15.9. The molecule has 3 rings (SSSR count). The molecule has 8 heteroatoms. The summed E-state index contributed by atoms with van der Waals surface area (Å²) >= 11 is 1.42. The minimum atomic E-state index is -2.98. The Kier molecular flexibility index (Phi) is 4.52. The fraction of sp³-hybridized carbons (Fsp3) is 0.714. The van der Waals surface area contributed by atoms with Gasteiger partial charge in [0, 0.05) is 6.04 Å². The zero-order valence-corrected chi connectivity index (χ0v) is 14.3. The van der Waals surface area contributed by atoms with Gasteiger partial charge in [-0.3, -0.25) is 9.69 Å². The number of nitrogens with zero attached hydrogens (tertiary/aromatic N) is 2. The highest BCUT2D eigenvalue weighted by Gasteiger charge is 2.30. The molecule has 1 atom stereocenters. The Morgan fingerprint density at radius 3 is 2.77 bits per heavy atom. The predicted octanol–water partition coefficient (Wildman–Crippen LogP) is 0.964. The van der Waals surface area contributed by atoms with Gasteiger partial charge in [-0.1, -0.05) is 0 Å². The average molecular weight is 343 g/mol. The Morgan fingerprint density at radius 2 is 2.14 bits per heavy atom. The highest BCUT2D eigenvalue weighted by molar-refractivity contribution is 7.91. The molecule has 1 aromatic rings. The van der Waals surface area contributed by atoms with Crippen molar-refractivity contribution in [2.45, 2.75) is 38.8 Å². The second-order valence-corrected chi connectivity index (χ2v) is 9.39. The fourth-order valence-corrected chi connectivity index (χ4v) is 5.71. The number of thiazole rings is 1. The van der Waals surface area contributed by atoms with Gasteiger partial charge < -0.3 is 5.32 Å². The van der Waals surface area contributed by atoms with E-state index in [2.05, 4.69) is 15.2 Å². The first-order valence-corrected chi connectivity index (χ1v) is 10.3. The van der Waals surface area contributed by atoms with Crippen molar-refractivity contribution in [3.63, 3.8) is 0 Å². The zero-order chi connectivity index (χ0) is 15.7. The second kappa shape index (κ2) is 6.25. The lowest BCUT2D eigenvalue weighted by molar-refractivity contribution is 0.0944. The van der Waals surface area contributed by atoms with Crippen LogP contribution < -0.4 is 5.32 Å². The third-order valence-electron chi connectivity index (χ3n) is 4.17. The number of aromatic nitrogens is 1. The summed E-state index contributed by atoms with van der Waals surface area (Å²) in [5.41, 5.74) is 0.734. The summed E-state index contributed by atoms with van der Waals surface area (Å²) < 4.78 is 22.9. The Morgan fingerprint density at radius 1 is 1.41 bits per heavy atom. The lowest BCUT2D eigenvalue weighted by Gasteiger charge is -2.11. The van der Waals surface area contributed by atoms with Crippen LogP contribution in [0.1, 0.15) is 39.6 Å². The van der Waals surface area contributed by atoms with Crippen LogP contribution in [0.2, 0.25) is 0 Å². The molecule has 0 spiro atoms. The van der Waals surface area contributed by atoms with Crippen LogP contribution in [0.5, 0.6) is 0 Å². The molecule has 1 aromatic heterocycles. The van der Waals surface area contributed by atoms with Crippen molar-refractivity contribution in [2.75, 3.05) is 24.6 Å². The summed E-state index contributed by atoms with van der Waals surface area (Å²) in [6.45, 7) is 4.83. The SMILES string of the molecule is Cc1nc(CN2CCCC2)sc1C(=O)NC1CCS(=O)(=O)C1. The second-order valence-electron chi connectivity index (χ2n) is 6.08. The maximum absolute atomic E-state index is 12.3. The third kappa shape index (κ3) is 3.67. The fourth-order valence-electron chi connectivity index (χ4n) is 3.02. The van der Waals surface area contributed by atoms with Gasteiger partial charge >= 0.3 is 0 Å². The summed E-state index contributed by atoms with van der Waals surface area (Å²) in [4.78, 5) is 19.8. The van der Waals surface area contributed by atoms with Crippen molar-refractivity contribution in [2.24, 2.45) is 0 Å².